The molecule has 0 fully saturated rings. The third kappa shape index (κ3) is 3.34. The lowest BCUT2D eigenvalue weighted by Crippen LogP contribution is -2.00. The molecule has 2 aromatic rings. The van der Waals surface area contributed by atoms with Crippen LogP contribution in [0.25, 0.3) is 0 Å². The quantitative estimate of drug-likeness (QED) is 0.802. The summed E-state index contributed by atoms with van der Waals surface area (Å²) in [6.45, 7) is 4.85. The Morgan fingerprint density at radius 1 is 1.18 bits per heavy atom. The Labute approximate surface area is 102 Å². The number of H-pyrrole nitrogens is 1. The first-order valence-electron chi connectivity index (χ1n) is 5.94. The minimum Gasteiger partial charge on any atom is -0.494 e. The van der Waals surface area contributed by atoms with Gasteiger partial charge in [0.25, 0.3) is 0 Å². The molecule has 1 N–H and O–H groups in total. The van der Waals surface area contributed by atoms with E-state index in [4.69, 9.17) is 4.74 Å². The van der Waals surface area contributed by atoms with Crippen LogP contribution in [0.4, 0.5) is 0 Å². The second-order valence-corrected chi connectivity index (χ2v) is 4.24. The number of nitrogens with one attached hydrogen (secondary N) is 1. The minimum absolute atomic E-state index is 0.732. The summed E-state index contributed by atoms with van der Waals surface area (Å²) in [7, 11) is 0. The normalized spacial score (nSPS) is 10.5. The highest BCUT2D eigenvalue weighted by atomic mass is 16.5. The Bertz CT molecular complexity index is 459. The smallest absolute Gasteiger partial charge is 0.119 e. The summed E-state index contributed by atoms with van der Waals surface area (Å²) < 4.78 is 5.66. The fraction of sp³-hybridized carbons (Fsp3) is 0.357. The molecule has 2 rings (SSSR count). The Morgan fingerprint density at radius 3 is 2.59 bits per heavy atom. The molecule has 90 valence electrons. The molecule has 1 heterocycles. The van der Waals surface area contributed by atoms with Crippen molar-refractivity contribution >= 4 is 0 Å². The molecule has 0 atom stereocenters. The zero-order chi connectivity index (χ0) is 12.1. The molecule has 0 aliphatic rings. The van der Waals surface area contributed by atoms with E-state index in [1.54, 1.807) is 6.33 Å². The van der Waals surface area contributed by atoms with Gasteiger partial charge < -0.3 is 9.72 Å². The van der Waals surface area contributed by atoms with E-state index in [-0.39, 0.29) is 0 Å². The van der Waals surface area contributed by atoms with E-state index in [9.17, 15) is 0 Å². The second-order valence-electron chi connectivity index (χ2n) is 4.24. The topological polar surface area (TPSA) is 37.9 Å². The van der Waals surface area contributed by atoms with Crippen LogP contribution in [0.5, 0.6) is 5.75 Å². The molecule has 0 saturated carbocycles. The van der Waals surface area contributed by atoms with Gasteiger partial charge in [0.05, 0.1) is 18.6 Å². The third-order valence-electron chi connectivity index (χ3n) is 2.78. The van der Waals surface area contributed by atoms with Gasteiger partial charge in [-0.1, -0.05) is 17.7 Å². The molecule has 0 unspecified atom stereocenters. The Balaban J connectivity index is 1.73. The van der Waals surface area contributed by atoms with Crippen LogP contribution in [0.2, 0.25) is 0 Å². The summed E-state index contributed by atoms with van der Waals surface area (Å²) >= 11 is 0. The molecule has 3 nitrogen and oxygen atoms in total. The van der Waals surface area contributed by atoms with Crippen LogP contribution in [-0.2, 0) is 6.42 Å². The van der Waals surface area contributed by atoms with Crippen molar-refractivity contribution in [2.75, 3.05) is 6.61 Å². The van der Waals surface area contributed by atoms with E-state index in [2.05, 4.69) is 29.0 Å². The molecule has 1 aromatic carbocycles. The number of ether oxygens (including phenoxy) is 1. The first-order valence-corrected chi connectivity index (χ1v) is 5.94. The van der Waals surface area contributed by atoms with Crippen molar-refractivity contribution in [3.63, 3.8) is 0 Å². The van der Waals surface area contributed by atoms with Crippen molar-refractivity contribution < 1.29 is 4.74 Å². The average Bonchev–Trinajstić information content (AvgIpc) is 2.73. The van der Waals surface area contributed by atoms with E-state index < -0.39 is 0 Å². The summed E-state index contributed by atoms with van der Waals surface area (Å²) in [4.78, 5) is 7.34. The third-order valence-corrected chi connectivity index (χ3v) is 2.78. The molecule has 0 aliphatic heterocycles. The van der Waals surface area contributed by atoms with Gasteiger partial charge >= 0.3 is 0 Å². The van der Waals surface area contributed by atoms with E-state index in [0.29, 0.717) is 0 Å². The van der Waals surface area contributed by atoms with Gasteiger partial charge in [0.1, 0.15) is 5.75 Å². The maximum Gasteiger partial charge on any atom is 0.119 e. The van der Waals surface area contributed by atoms with Gasteiger partial charge in [-0.05, 0) is 38.8 Å². The number of hydrogen-bond donors (Lipinski definition) is 1. The Hall–Kier alpha value is -1.77. The number of rotatable bonds is 5. The second kappa shape index (κ2) is 5.53. The molecule has 1 aromatic heterocycles. The monoisotopic (exact) mass is 230 g/mol. The lowest BCUT2D eigenvalue weighted by Gasteiger charge is -2.05. The first kappa shape index (κ1) is 11.7. The number of aryl methyl sites for hydroxylation is 3. The van der Waals surface area contributed by atoms with Crippen LogP contribution >= 0.6 is 0 Å². The van der Waals surface area contributed by atoms with Crippen LogP contribution in [0.15, 0.2) is 30.6 Å². The molecule has 0 radical (unpaired) electrons. The van der Waals surface area contributed by atoms with Gasteiger partial charge in [0.15, 0.2) is 0 Å². The Kier molecular flexibility index (Phi) is 3.81. The maximum atomic E-state index is 5.66. The van der Waals surface area contributed by atoms with Crippen molar-refractivity contribution in [1.82, 2.24) is 9.97 Å². The molecule has 0 spiro atoms. The van der Waals surface area contributed by atoms with Crippen LogP contribution in [0.1, 0.15) is 23.4 Å². The van der Waals surface area contributed by atoms with Crippen LogP contribution < -0.4 is 4.74 Å². The predicted molar refractivity (Wildman–Crippen MR) is 68.3 cm³/mol. The zero-order valence-corrected chi connectivity index (χ0v) is 10.4. The zero-order valence-electron chi connectivity index (χ0n) is 10.4. The maximum absolute atomic E-state index is 5.66. The van der Waals surface area contributed by atoms with Crippen LogP contribution in [-0.4, -0.2) is 16.6 Å². The number of aromatic amines is 1. The highest BCUT2D eigenvalue weighted by molar-refractivity contribution is 5.26. The van der Waals surface area contributed by atoms with Crippen molar-refractivity contribution in [3.05, 3.63) is 47.5 Å². The summed E-state index contributed by atoms with van der Waals surface area (Å²) in [5.74, 6) is 0.939. The van der Waals surface area contributed by atoms with Gasteiger partial charge in [0.2, 0.25) is 0 Å². The molecular formula is C14H18N2O. The molecule has 3 heteroatoms. The SMILES string of the molecule is Cc1ccc(OCCCc2nc[nH]c2C)cc1. The van der Waals surface area contributed by atoms with Gasteiger partial charge in [-0.2, -0.15) is 0 Å². The molecular weight excluding hydrogens is 212 g/mol. The van der Waals surface area contributed by atoms with E-state index >= 15 is 0 Å². The summed E-state index contributed by atoms with van der Waals surface area (Å²) in [6, 6.07) is 8.14. The highest BCUT2D eigenvalue weighted by Gasteiger charge is 2.00. The van der Waals surface area contributed by atoms with Crippen molar-refractivity contribution in [1.29, 1.82) is 0 Å². The summed E-state index contributed by atoms with van der Waals surface area (Å²) in [5, 5.41) is 0. The molecule has 0 aliphatic carbocycles. The van der Waals surface area contributed by atoms with Crippen molar-refractivity contribution in [2.45, 2.75) is 26.7 Å². The average molecular weight is 230 g/mol. The van der Waals surface area contributed by atoms with Gasteiger partial charge in [0, 0.05) is 5.69 Å². The highest BCUT2D eigenvalue weighted by Crippen LogP contribution is 2.12. The minimum atomic E-state index is 0.732. The molecule has 17 heavy (non-hydrogen) atoms. The van der Waals surface area contributed by atoms with E-state index in [0.717, 1.165) is 36.6 Å². The van der Waals surface area contributed by atoms with Gasteiger partial charge in [-0.25, -0.2) is 4.98 Å². The molecule has 0 bridgehead atoms. The number of benzene rings is 1. The van der Waals surface area contributed by atoms with Crippen LogP contribution in [0.3, 0.4) is 0 Å². The molecule has 0 saturated heterocycles. The molecule has 0 amide bonds. The summed E-state index contributed by atoms with van der Waals surface area (Å²) in [6.07, 6.45) is 3.69. The predicted octanol–water partition coefficient (Wildman–Crippen LogP) is 3.04. The lowest BCUT2D eigenvalue weighted by molar-refractivity contribution is 0.310. The standard InChI is InChI=1S/C14H18N2O/c1-11-5-7-13(8-6-11)17-9-3-4-14-12(2)15-10-16-14/h5-8,10H,3-4,9H2,1-2H3,(H,15,16). The fourth-order valence-corrected chi connectivity index (χ4v) is 1.70. The van der Waals surface area contributed by atoms with E-state index in [1.165, 1.54) is 5.56 Å². The summed E-state index contributed by atoms with van der Waals surface area (Å²) in [5.41, 5.74) is 3.54. The number of nitrogens with zero attached hydrogens (tertiary/aromatic N) is 1. The fourth-order valence-electron chi connectivity index (χ4n) is 1.70. The van der Waals surface area contributed by atoms with Gasteiger partial charge in [-0.15, -0.1) is 0 Å². The lowest BCUT2D eigenvalue weighted by atomic mass is 10.2. The van der Waals surface area contributed by atoms with Crippen molar-refractivity contribution in [2.24, 2.45) is 0 Å². The number of hydrogen-bond acceptors (Lipinski definition) is 2. The van der Waals surface area contributed by atoms with Gasteiger partial charge in [-0.3, -0.25) is 0 Å². The number of aromatic nitrogens is 2. The Morgan fingerprint density at radius 2 is 1.94 bits per heavy atom. The largest absolute Gasteiger partial charge is 0.494 e. The number of imidazole rings is 1. The van der Waals surface area contributed by atoms with Crippen LogP contribution in [0, 0.1) is 13.8 Å². The first-order chi connectivity index (χ1) is 8.25. The van der Waals surface area contributed by atoms with Crippen molar-refractivity contribution in [3.8, 4) is 5.75 Å². The van der Waals surface area contributed by atoms with E-state index in [1.807, 2.05) is 19.1 Å².